The standard InChI is InChI=1S/C9H16O2S/c1-7-5-10-9(11-6-7)3-2-8(12)4-9/h7-8,12H,2-6H2,1H3. The molecule has 1 heterocycles. The number of ether oxygens (including phenoxy) is 2. The maximum atomic E-state index is 5.74. The van der Waals surface area contributed by atoms with Gasteiger partial charge < -0.3 is 9.47 Å². The van der Waals surface area contributed by atoms with E-state index in [9.17, 15) is 0 Å². The van der Waals surface area contributed by atoms with Crippen LogP contribution in [0.5, 0.6) is 0 Å². The normalized spacial score (nSPS) is 48.5. The van der Waals surface area contributed by atoms with Gasteiger partial charge in [-0.15, -0.1) is 0 Å². The number of rotatable bonds is 0. The molecule has 1 aliphatic heterocycles. The Morgan fingerprint density at radius 2 is 2.00 bits per heavy atom. The van der Waals surface area contributed by atoms with E-state index in [2.05, 4.69) is 19.6 Å². The summed E-state index contributed by atoms with van der Waals surface area (Å²) >= 11 is 4.44. The average Bonchev–Trinajstić information content (AvgIpc) is 2.40. The summed E-state index contributed by atoms with van der Waals surface area (Å²) in [6.07, 6.45) is 3.11. The lowest BCUT2D eigenvalue weighted by Gasteiger charge is -2.36. The lowest BCUT2D eigenvalue weighted by Crippen LogP contribution is -2.41. The number of hydrogen-bond acceptors (Lipinski definition) is 3. The molecule has 2 fully saturated rings. The molecular formula is C9H16O2S. The Hall–Kier alpha value is 0.270. The zero-order chi connectivity index (χ0) is 8.60. The Morgan fingerprint density at radius 1 is 1.33 bits per heavy atom. The summed E-state index contributed by atoms with van der Waals surface area (Å²) in [5.74, 6) is 0.299. The molecule has 12 heavy (non-hydrogen) atoms. The van der Waals surface area contributed by atoms with Crippen molar-refractivity contribution in [3.63, 3.8) is 0 Å². The molecule has 1 aliphatic carbocycles. The van der Waals surface area contributed by atoms with Gasteiger partial charge in [0.25, 0.3) is 0 Å². The monoisotopic (exact) mass is 188 g/mol. The molecular weight excluding hydrogens is 172 g/mol. The van der Waals surface area contributed by atoms with Gasteiger partial charge in [-0.25, -0.2) is 0 Å². The van der Waals surface area contributed by atoms with Crippen LogP contribution in [0, 0.1) is 5.92 Å². The molecule has 1 spiro atoms. The molecule has 1 unspecified atom stereocenters. The quantitative estimate of drug-likeness (QED) is 0.585. The van der Waals surface area contributed by atoms with Crippen LogP contribution in [0.3, 0.4) is 0 Å². The summed E-state index contributed by atoms with van der Waals surface area (Å²) in [7, 11) is 0. The van der Waals surface area contributed by atoms with Gasteiger partial charge in [-0.05, 0) is 6.42 Å². The third-order valence-corrected chi connectivity index (χ3v) is 3.11. The highest BCUT2D eigenvalue weighted by atomic mass is 32.1. The summed E-state index contributed by atoms with van der Waals surface area (Å²) in [6, 6.07) is 0. The van der Waals surface area contributed by atoms with E-state index in [0.29, 0.717) is 11.2 Å². The summed E-state index contributed by atoms with van der Waals surface area (Å²) in [6.45, 7) is 3.85. The molecule has 2 aliphatic rings. The lowest BCUT2D eigenvalue weighted by molar-refractivity contribution is -0.276. The van der Waals surface area contributed by atoms with E-state index in [1.807, 2.05) is 0 Å². The molecule has 2 rings (SSSR count). The fourth-order valence-electron chi connectivity index (χ4n) is 1.89. The first-order chi connectivity index (χ1) is 5.70. The van der Waals surface area contributed by atoms with E-state index in [1.165, 1.54) is 0 Å². The van der Waals surface area contributed by atoms with E-state index in [-0.39, 0.29) is 5.79 Å². The van der Waals surface area contributed by atoms with E-state index in [1.54, 1.807) is 0 Å². The highest BCUT2D eigenvalue weighted by Crippen LogP contribution is 2.39. The predicted molar refractivity (Wildman–Crippen MR) is 50.4 cm³/mol. The highest BCUT2D eigenvalue weighted by molar-refractivity contribution is 7.80. The molecule has 0 aromatic heterocycles. The third-order valence-electron chi connectivity index (χ3n) is 2.67. The Labute approximate surface area is 79.0 Å². The van der Waals surface area contributed by atoms with Crippen molar-refractivity contribution < 1.29 is 9.47 Å². The fraction of sp³-hybridized carbons (Fsp3) is 1.00. The van der Waals surface area contributed by atoms with Crippen molar-refractivity contribution in [2.75, 3.05) is 13.2 Å². The molecule has 0 bridgehead atoms. The van der Waals surface area contributed by atoms with Crippen molar-refractivity contribution in [2.45, 2.75) is 37.2 Å². The van der Waals surface area contributed by atoms with Crippen molar-refractivity contribution in [3.8, 4) is 0 Å². The zero-order valence-corrected chi connectivity index (χ0v) is 8.35. The Morgan fingerprint density at radius 3 is 2.50 bits per heavy atom. The van der Waals surface area contributed by atoms with Crippen LogP contribution in [0.4, 0.5) is 0 Å². The predicted octanol–water partition coefficient (Wildman–Crippen LogP) is 1.85. The average molecular weight is 188 g/mol. The van der Waals surface area contributed by atoms with Crippen molar-refractivity contribution in [1.29, 1.82) is 0 Å². The van der Waals surface area contributed by atoms with Crippen LogP contribution in [0.2, 0.25) is 0 Å². The van der Waals surface area contributed by atoms with Gasteiger partial charge in [-0.2, -0.15) is 12.6 Å². The van der Waals surface area contributed by atoms with E-state index in [4.69, 9.17) is 9.47 Å². The SMILES string of the molecule is CC1COC2(CCC(S)C2)OC1. The number of thiol groups is 1. The minimum atomic E-state index is -0.251. The van der Waals surface area contributed by atoms with Crippen molar-refractivity contribution in [3.05, 3.63) is 0 Å². The van der Waals surface area contributed by atoms with Crippen molar-refractivity contribution in [1.82, 2.24) is 0 Å². The van der Waals surface area contributed by atoms with Gasteiger partial charge in [0.05, 0.1) is 13.2 Å². The lowest BCUT2D eigenvalue weighted by atomic mass is 10.1. The molecule has 2 nitrogen and oxygen atoms in total. The van der Waals surface area contributed by atoms with Gasteiger partial charge >= 0.3 is 0 Å². The summed E-state index contributed by atoms with van der Waals surface area (Å²) in [5.41, 5.74) is 0. The minimum Gasteiger partial charge on any atom is -0.350 e. The molecule has 1 atom stereocenters. The molecule has 1 saturated carbocycles. The van der Waals surface area contributed by atoms with Gasteiger partial charge in [0.2, 0.25) is 0 Å². The Balaban J connectivity index is 1.95. The second kappa shape index (κ2) is 3.20. The van der Waals surface area contributed by atoms with Crippen LogP contribution >= 0.6 is 12.6 Å². The van der Waals surface area contributed by atoms with Gasteiger partial charge in [0.1, 0.15) is 0 Å². The van der Waals surface area contributed by atoms with Crippen LogP contribution in [-0.2, 0) is 9.47 Å². The number of hydrogen-bond donors (Lipinski definition) is 1. The van der Waals surface area contributed by atoms with Gasteiger partial charge in [0.15, 0.2) is 5.79 Å². The van der Waals surface area contributed by atoms with Gasteiger partial charge in [-0.3, -0.25) is 0 Å². The van der Waals surface area contributed by atoms with Gasteiger partial charge in [-0.1, -0.05) is 6.92 Å². The molecule has 0 amide bonds. The van der Waals surface area contributed by atoms with Crippen molar-refractivity contribution in [2.24, 2.45) is 5.92 Å². The van der Waals surface area contributed by atoms with E-state index < -0.39 is 0 Å². The van der Waals surface area contributed by atoms with E-state index in [0.717, 1.165) is 32.5 Å². The maximum Gasteiger partial charge on any atom is 0.169 e. The van der Waals surface area contributed by atoms with Crippen LogP contribution in [0.15, 0.2) is 0 Å². The first-order valence-corrected chi connectivity index (χ1v) is 5.18. The first-order valence-electron chi connectivity index (χ1n) is 4.66. The molecule has 0 aromatic carbocycles. The van der Waals surface area contributed by atoms with E-state index >= 15 is 0 Å². The molecule has 0 N–H and O–H groups in total. The maximum absolute atomic E-state index is 5.74. The van der Waals surface area contributed by atoms with Crippen LogP contribution in [0.25, 0.3) is 0 Å². The minimum absolute atomic E-state index is 0.251. The second-order valence-corrected chi connectivity index (χ2v) is 4.76. The van der Waals surface area contributed by atoms with Crippen LogP contribution < -0.4 is 0 Å². The Kier molecular flexibility index (Phi) is 2.36. The highest BCUT2D eigenvalue weighted by Gasteiger charge is 2.42. The molecule has 0 aromatic rings. The largest absolute Gasteiger partial charge is 0.350 e. The third kappa shape index (κ3) is 1.63. The van der Waals surface area contributed by atoms with Gasteiger partial charge in [0, 0.05) is 24.0 Å². The molecule has 3 heteroatoms. The van der Waals surface area contributed by atoms with Crippen LogP contribution in [0.1, 0.15) is 26.2 Å². The fourth-order valence-corrected chi connectivity index (χ4v) is 2.30. The topological polar surface area (TPSA) is 18.5 Å². The zero-order valence-electron chi connectivity index (χ0n) is 7.45. The second-order valence-electron chi connectivity index (χ2n) is 4.03. The molecule has 0 radical (unpaired) electrons. The van der Waals surface area contributed by atoms with Crippen LogP contribution in [-0.4, -0.2) is 24.3 Å². The smallest absolute Gasteiger partial charge is 0.169 e. The van der Waals surface area contributed by atoms with Crippen molar-refractivity contribution >= 4 is 12.6 Å². The molecule has 1 saturated heterocycles. The molecule has 70 valence electrons. The summed E-state index contributed by atoms with van der Waals surface area (Å²) in [4.78, 5) is 0. The summed E-state index contributed by atoms with van der Waals surface area (Å²) in [5, 5.41) is 0.471. The summed E-state index contributed by atoms with van der Waals surface area (Å²) < 4.78 is 11.5. The Bertz CT molecular complexity index is 164. The first kappa shape index (κ1) is 8.85.